The van der Waals surface area contributed by atoms with Crippen molar-refractivity contribution >= 4 is 18.3 Å². The van der Waals surface area contributed by atoms with E-state index in [0.717, 1.165) is 37.7 Å². The first-order valence-electron chi connectivity index (χ1n) is 10.3. The van der Waals surface area contributed by atoms with Crippen LogP contribution in [0.4, 0.5) is 4.39 Å². The standard InChI is InChI=1S/C23H27FN2O3.ClH/c24-22-8-7-20(29-19-5-1-15(2-6-19)9-10-25)13-21(22)23(28)26-17-3-4-18(26)12-16(11-17)14-27;/h1-2,5-8,13,16-18,27H,3-4,9-12,14,25H2;1H/t16?,17-,18+;. The number of benzene rings is 2. The van der Waals surface area contributed by atoms with Crippen LogP contribution in [0, 0.1) is 11.7 Å². The molecule has 5 nitrogen and oxygen atoms in total. The van der Waals surface area contributed by atoms with Crippen molar-refractivity contribution in [2.45, 2.75) is 44.2 Å². The lowest BCUT2D eigenvalue weighted by Gasteiger charge is -2.38. The van der Waals surface area contributed by atoms with Gasteiger partial charge in [0, 0.05) is 18.7 Å². The van der Waals surface area contributed by atoms with Gasteiger partial charge in [-0.3, -0.25) is 4.79 Å². The van der Waals surface area contributed by atoms with E-state index in [4.69, 9.17) is 10.5 Å². The molecule has 2 heterocycles. The summed E-state index contributed by atoms with van der Waals surface area (Å²) in [7, 11) is 0. The average molecular weight is 435 g/mol. The van der Waals surface area contributed by atoms with Crippen LogP contribution in [0.3, 0.4) is 0 Å². The highest BCUT2D eigenvalue weighted by atomic mass is 35.5. The Morgan fingerprint density at radius 1 is 1.10 bits per heavy atom. The molecule has 1 amide bonds. The average Bonchev–Trinajstić information content (AvgIpc) is 3.00. The van der Waals surface area contributed by atoms with Crippen molar-refractivity contribution in [3.05, 3.63) is 59.4 Å². The number of ether oxygens (including phenoxy) is 1. The van der Waals surface area contributed by atoms with Crippen LogP contribution in [-0.4, -0.2) is 41.1 Å². The van der Waals surface area contributed by atoms with Gasteiger partial charge in [-0.15, -0.1) is 12.4 Å². The van der Waals surface area contributed by atoms with Gasteiger partial charge in [0.05, 0.1) is 5.56 Å². The third-order valence-electron chi connectivity index (χ3n) is 6.08. The second kappa shape index (κ2) is 9.77. The van der Waals surface area contributed by atoms with Crippen molar-refractivity contribution in [2.75, 3.05) is 13.2 Å². The van der Waals surface area contributed by atoms with E-state index in [9.17, 15) is 14.3 Å². The lowest BCUT2D eigenvalue weighted by Crippen LogP contribution is -2.47. The highest BCUT2D eigenvalue weighted by Crippen LogP contribution is 2.40. The zero-order valence-electron chi connectivity index (χ0n) is 16.8. The van der Waals surface area contributed by atoms with E-state index < -0.39 is 5.82 Å². The van der Waals surface area contributed by atoms with Gasteiger partial charge in [0.15, 0.2) is 0 Å². The summed E-state index contributed by atoms with van der Waals surface area (Å²) in [5.74, 6) is 0.469. The van der Waals surface area contributed by atoms with Gasteiger partial charge < -0.3 is 20.5 Å². The number of rotatable bonds is 6. The van der Waals surface area contributed by atoms with Crippen molar-refractivity contribution in [1.82, 2.24) is 4.90 Å². The molecule has 0 saturated carbocycles. The maximum atomic E-state index is 14.5. The van der Waals surface area contributed by atoms with Crippen LogP contribution in [0.15, 0.2) is 42.5 Å². The minimum absolute atomic E-state index is 0. The Balaban J connectivity index is 0.00000256. The summed E-state index contributed by atoms with van der Waals surface area (Å²) in [5.41, 5.74) is 6.73. The molecule has 2 fully saturated rings. The molecule has 2 aromatic carbocycles. The van der Waals surface area contributed by atoms with E-state index in [1.54, 1.807) is 0 Å². The van der Waals surface area contributed by atoms with E-state index in [-0.39, 0.29) is 48.5 Å². The molecule has 0 spiro atoms. The Labute approximate surface area is 182 Å². The summed E-state index contributed by atoms with van der Waals surface area (Å²) in [4.78, 5) is 15.0. The predicted octanol–water partition coefficient (Wildman–Crippen LogP) is 3.92. The number of carbonyl (C=O) groups is 1. The van der Waals surface area contributed by atoms with Crippen molar-refractivity contribution in [3.63, 3.8) is 0 Å². The van der Waals surface area contributed by atoms with Gasteiger partial charge in [0.2, 0.25) is 0 Å². The third kappa shape index (κ3) is 4.61. The van der Waals surface area contributed by atoms with Crippen LogP contribution < -0.4 is 10.5 Å². The van der Waals surface area contributed by atoms with Crippen LogP contribution >= 0.6 is 12.4 Å². The maximum absolute atomic E-state index is 14.5. The van der Waals surface area contributed by atoms with E-state index >= 15 is 0 Å². The van der Waals surface area contributed by atoms with Gasteiger partial charge in [-0.05, 0) is 80.5 Å². The normalized spacial score (nSPS) is 22.5. The Morgan fingerprint density at radius 3 is 2.33 bits per heavy atom. The molecule has 2 saturated heterocycles. The van der Waals surface area contributed by atoms with Crippen LogP contribution in [0.1, 0.15) is 41.6 Å². The van der Waals surface area contributed by atoms with E-state index in [1.165, 1.54) is 18.2 Å². The van der Waals surface area contributed by atoms with Gasteiger partial charge in [0.25, 0.3) is 5.91 Å². The second-order valence-electron chi connectivity index (χ2n) is 8.04. The molecule has 2 aliphatic rings. The van der Waals surface area contributed by atoms with Gasteiger partial charge in [-0.2, -0.15) is 0 Å². The van der Waals surface area contributed by atoms with Crippen molar-refractivity contribution in [1.29, 1.82) is 0 Å². The van der Waals surface area contributed by atoms with Crippen molar-refractivity contribution in [2.24, 2.45) is 11.7 Å². The Bertz CT molecular complexity index is 863. The van der Waals surface area contributed by atoms with Gasteiger partial charge in [-0.25, -0.2) is 4.39 Å². The number of halogens is 2. The third-order valence-corrected chi connectivity index (χ3v) is 6.08. The topological polar surface area (TPSA) is 75.8 Å². The zero-order valence-corrected chi connectivity index (χ0v) is 17.6. The first-order valence-corrected chi connectivity index (χ1v) is 10.3. The minimum Gasteiger partial charge on any atom is -0.457 e. The molecule has 2 aromatic rings. The Morgan fingerprint density at radius 2 is 1.73 bits per heavy atom. The predicted molar refractivity (Wildman–Crippen MR) is 116 cm³/mol. The number of aliphatic hydroxyl groups excluding tert-OH is 1. The summed E-state index contributed by atoms with van der Waals surface area (Å²) < 4.78 is 20.4. The van der Waals surface area contributed by atoms with E-state index in [0.29, 0.717) is 18.0 Å². The fourth-order valence-corrected chi connectivity index (χ4v) is 4.67. The number of nitrogens with two attached hydrogens (primary N) is 1. The molecule has 2 bridgehead atoms. The van der Waals surface area contributed by atoms with E-state index in [1.807, 2.05) is 29.2 Å². The number of piperidine rings is 1. The number of aliphatic hydroxyl groups is 1. The molecule has 7 heteroatoms. The molecule has 162 valence electrons. The molecule has 0 aliphatic carbocycles. The summed E-state index contributed by atoms with van der Waals surface area (Å²) >= 11 is 0. The van der Waals surface area contributed by atoms with Crippen molar-refractivity contribution < 1.29 is 19.0 Å². The SMILES string of the molecule is Cl.NCCc1ccc(Oc2ccc(F)c(C(=O)N3[C@@H]4CC[C@H]3CC(CO)C4)c2)cc1. The molecule has 0 radical (unpaired) electrons. The smallest absolute Gasteiger partial charge is 0.257 e. The highest BCUT2D eigenvalue weighted by Gasteiger charge is 2.43. The second-order valence-corrected chi connectivity index (χ2v) is 8.04. The molecule has 2 aliphatic heterocycles. The largest absolute Gasteiger partial charge is 0.457 e. The first kappa shape index (κ1) is 22.5. The minimum atomic E-state index is -0.538. The van der Waals surface area contributed by atoms with Gasteiger partial charge in [-0.1, -0.05) is 12.1 Å². The van der Waals surface area contributed by atoms with Crippen LogP contribution in [0.2, 0.25) is 0 Å². The number of nitrogens with zero attached hydrogens (tertiary/aromatic N) is 1. The number of carbonyl (C=O) groups excluding carboxylic acids is 1. The van der Waals surface area contributed by atoms with Crippen LogP contribution in [-0.2, 0) is 6.42 Å². The monoisotopic (exact) mass is 434 g/mol. The summed E-state index contributed by atoms with van der Waals surface area (Å²) in [6.45, 7) is 0.734. The molecule has 3 N–H and O–H groups in total. The van der Waals surface area contributed by atoms with Crippen molar-refractivity contribution in [3.8, 4) is 11.5 Å². The first-order chi connectivity index (χ1) is 14.1. The number of amides is 1. The summed E-state index contributed by atoms with van der Waals surface area (Å²) in [6.07, 6.45) is 4.20. The highest BCUT2D eigenvalue weighted by molar-refractivity contribution is 5.95. The summed E-state index contributed by atoms with van der Waals surface area (Å²) in [5, 5.41) is 9.48. The van der Waals surface area contributed by atoms with Crippen LogP contribution in [0.5, 0.6) is 11.5 Å². The van der Waals surface area contributed by atoms with Gasteiger partial charge in [0.1, 0.15) is 17.3 Å². The van der Waals surface area contributed by atoms with Crippen LogP contribution in [0.25, 0.3) is 0 Å². The fraction of sp³-hybridized carbons (Fsp3) is 0.435. The quantitative estimate of drug-likeness (QED) is 0.722. The van der Waals surface area contributed by atoms with Gasteiger partial charge >= 0.3 is 0 Å². The lowest BCUT2D eigenvalue weighted by atomic mass is 9.91. The summed E-state index contributed by atoms with van der Waals surface area (Å²) in [6, 6.07) is 12.0. The van der Waals surface area contributed by atoms with E-state index in [2.05, 4.69) is 0 Å². The maximum Gasteiger partial charge on any atom is 0.257 e. The molecule has 1 unspecified atom stereocenters. The molecule has 3 atom stereocenters. The Kier molecular flexibility index (Phi) is 7.34. The number of fused-ring (bicyclic) bond motifs is 2. The molecule has 0 aromatic heterocycles. The molecule has 30 heavy (non-hydrogen) atoms. The number of hydrogen-bond acceptors (Lipinski definition) is 4. The lowest BCUT2D eigenvalue weighted by molar-refractivity contribution is 0.0448. The fourth-order valence-electron chi connectivity index (χ4n) is 4.67. The molecular formula is C23H28ClFN2O3. The number of hydrogen-bond donors (Lipinski definition) is 2. The zero-order chi connectivity index (χ0) is 20.4. The Hall–Kier alpha value is -2.15. The molecule has 4 rings (SSSR count). The molecular weight excluding hydrogens is 407 g/mol.